The molecule has 0 aliphatic heterocycles. The SMILES string of the molecule is CCCCCC=CCC=CCC=CCC=CCCCC(=O)OC(O)C(N)CO. The number of aliphatic hydroxyl groups is 2. The van der Waals surface area contributed by atoms with Crippen molar-refractivity contribution in [3.63, 3.8) is 0 Å². The number of carbonyl (C=O) groups is 1. The third-order valence-corrected chi connectivity index (χ3v) is 4.04. The van der Waals surface area contributed by atoms with Crippen LogP contribution in [0.2, 0.25) is 0 Å². The number of carbonyl (C=O) groups excluding carboxylic acids is 1. The van der Waals surface area contributed by atoms with Gasteiger partial charge in [0.15, 0.2) is 0 Å². The molecule has 0 heterocycles. The molecule has 0 amide bonds. The third-order valence-electron chi connectivity index (χ3n) is 4.04. The van der Waals surface area contributed by atoms with Crippen LogP contribution >= 0.6 is 0 Å². The predicted molar refractivity (Wildman–Crippen MR) is 116 cm³/mol. The van der Waals surface area contributed by atoms with Gasteiger partial charge in [-0.1, -0.05) is 68.4 Å². The van der Waals surface area contributed by atoms with E-state index < -0.39 is 24.9 Å². The second-order valence-electron chi connectivity index (χ2n) is 6.71. The molecule has 160 valence electrons. The van der Waals surface area contributed by atoms with Crippen LogP contribution in [0.3, 0.4) is 0 Å². The summed E-state index contributed by atoms with van der Waals surface area (Å²) in [4.78, 5) is 11.5. The van der Waals surface area contributed by atoms with Crippen LogP contribution in [0.15, 0.2) is 48.6 Å². The van der Waals surface area contributed by atoms with Gasteiger partial charge in [-0.15, -0.1) is 0 Å². The number of esters is 1. The molecule has 0 saturated carbocycles. The van der Waals surface area contributed by atoms with E-state index in [1.165, 1.54) is 25.7 Å². The largest absolute Gasteiger partial charge is 0.434 e. The molecule has 28 heavy (non-hydrogen) atoms. The van der Waals surface area contributed by atoms with Gasteiger partial charge in [-0.05, 0) is 44.9 Å². The molecule has 0 aromatic carbocycles. The van der Waals surface area contributed by atoms with Crippen LogP contribution < -0.4 is 5.73 Å². The molecule has 0 saturated heterocycles. The van der Waals surface area contributed by atoms with Gasteiger partial charge >= 0.3 is 5.97 Å². The highest BCUT2D eigenvalue weighted by atomic mass is 16.6. The monoisotopic (exact) mass is 393 g/mol. The lowest BCUT2D eigenvalue weighted by atomic mass is 10.2. The standard InChI is InChI=1S/C23H39NO4/c1-2-3-4-5-6-7-8-9-10-11-12-13-14-15-16-17-18-19-22(26)28-23(27)21(24)20-25/h6-7,9-10,12-13,15-16,21,23,25,27H,2-5,8,11,14,17-20,24H2,1H3. The van der Waals surface area contributed by atoms with Crippen LogP contribution in [0, 0.1) is 0 Å². The topological polar surface area (TPSA) is 92.8 Å². The van der Waals surface area contributed by atoms with Crippen LogP contribution in [0.1, 0.15) is 71.1 Å². The van der Waals surface area contributed by atoms with Crippen LogP contribution in [0.5, 0.6) is 0 Å². The first-order chi connectivity index (χ1) is 13.6. The van der Waals surface area contributed by atoms with Gasteiger partial charge in [0.05, 0.1) is 12.6 Å². The Morgan fingerprint density at radius 1 is 0.893 bits per heavy atom. The minimum Gasteiger partial charge on any atom is -0.434 e. The molecule has 0 radical (unpaired) electrons. The van der Waals surface area contributed by atoms with E-state index in [0.717, 1.165) is 25.7 Å². The molecule has 0 spiro atoms. The lowest BCUT2D eigenvalue weighted by molar-refractivity contribution is -0.172. The number of nitrogens with two attached hydrogens (primary N) is 1. The highest BCUT2D eigenvalue weighted by molar-refractivity contribution is 5.69. The predicted octanol–water partition coefficient (Wildman–Crippen LogP) is 4.31. The smallest absolute Gasteiger partial charge is 0.308 e. The maximum Gasteiger partial charge on any atom is 0.308 e. The molecular formula is C23H39NO4. The van der Waals surface area contributed by atoms with Gasteiger partial charge in [-0.25, -0.2) is 0 Å². The number of hydrogen-bond acceptors (Lipinski definition) is 5. The number of ether oxygens (including phenoxy) is 1. The quantitative estimate of drug-likeness (QED) is 0.148. The van der Waals surface area contributed by atoms with Gasteiger partial charge in [0.25, 0.3) is 0 Å². The molecule has 0 aliphatic rings. The Hall–Kier alpha value is -1.69. The average molecular weight is 394 g/mol. The van der Waals surface area contributed by atoms with Crippen molar-refractivity contribution in [1.82, 2.24) is 0 Å². The molecule has 5 heteroatoms. The number of hydrogen-bond donors (Lipinski definition) is 3. The minimum atomic E-state index is -1.45. The van der Waals surface area contributed by atoms with Gasteiger partial charge in [-0.3, -0.25) is 4.79 Å². The van der Waals surface area contributed by atoms with Gasteiger partial charge in [0, 0.05) is 6.42 Å². The Morgan fingerprint density at radius 3 is 1.89 bits per heavy atom. The Morgan fingerprint density at radius 2 is 1.39 bits per heavy atom. The summed E-state index contributed by atoms with van der Waals surface area (Å²) in [7, 11) is 0. The molecular weight excluding hydrogens is 354 g/mol. The maximum absolute atomic E-state index is 11.5. The summed E-state index contributed by atoms with van der Waals surface area (Å²) in [5, 5.41) is 18.1. The Bertz CT molecular complexity index is 483. The first-order valence-electron chi connectivity index (χ1n) is 10.5. The summed E-state index contributed by atoms with van der Waals surface area (Å²) < 4.78 is 4.72. The van der Waals surface area contributed by atoms with Crippen LogP contribution in [-0.2, 0) is 9.53 Å². The van der Waals surface area contributed by atoms with Crippen molar-refractivity contribution >= 4 is 5.97 Å². The van der Waals surface area contributed by atoms with E-state index in [1.807, 2.05) is 6.08 Å². The Balaban J connectivity index is 3.58. The van der Waals surface area contributed by atoms with E-state index in [-0.39, 0.29) is 6.42 Å². The zero-order valence-electron chi connectivity index (χ0n) is 17.3. The summed E-state index contributed by atoms with van der Waals surface area (Å²) in [6.45, 7) is 1.79. The minimum absolute atomic E-state index is 0.216. The lowest BCUT2D eigenvalue weighted by Gasteiger charge is -2.16. The second-order valence-corrected chi connectivity index (χ2v) is 6.71. The zero-order chi connectivity index (χ0) is 20.9. The van der Waals surface area contributed by atoms with Gasteiger partial charge in [0.1, 0.15) is 0 Å². The molecule has 0 rings (SSSR count). The molecule has 0 aromatic heterocycles. The molecule has 0 aromatic rings. The average Bonchev–Trinajstić information content (AvgIpc) is 2.69. The van der Waals surface area contributed by atoms with Crippen molar-refractivity contribution in [1.29, 1.82) is 0 Å². The fraction of sp³-hybridized carbons (Fsp3) is 0.609. The first-order valence-corrected chi connectivity index (χ1v) is 10.5. The van der Waals surface area contributed by atoms with E-state index in [1.54, 1.807) is 0 Å². The van der Waals surface area contributed by atoms with Crippen LogP contribution in [-0.4, -0.2) is 35.1 Å². The molecule has 0 fully saturated rings. The molecule has 0 bridgehead atoms. The lowest BCUT2D eigenvalue weighted by Crippen LogP contribution is -2.40. The number of allylic oxidation sites excluding steroid dienone is 8. The molecule has 0 aliphatic carbocycles. The van der Waals surface area contributed by atoms with Crippen molar-refractivity contribution in [3.8, 4) is 0 Å². The molecule has 4 N–H and O–H groups in total. The van der Waals surface area contributed by atoms with Crippen molar-refractivity contribution in [2.24, 2.45) is 5.73 Å². The van der Waals surface area contributed by atoms with E-state index in [4.69, 9.17) is 15.6 Å². The summed E-state index contributed by atoms with van der Waals surface area (Å²) >= 11 is 0. The fourth-order valence-corrected chi connectivity index (χ4v) is 2.30. The molecule has 5 nitrogen and oxygen atoms in total. The normalized spacial score (nSPS) is 14.6. The molecule has 2 unspecified atom stereocenters. The highest BCUT2D eigenvalue weighted by Crippen LogP contribution is 2.03. The summed E-state index contributed by atoms with van der Waals surface area (Å²) in [5.41, 5.74) is 5.36. The van der Waals surface area contributed by atoms with E-state index >= 15 is 0 Å². The van der Waals surface area contributed by atoms with Crippen LogP contribution in [0.4, 0.5) is 0 Å². The van der Waals surface area contributed by atoms with E-state index in [9.17, 15) is 9.90 Å². The maximum atomic E-state index is 11.5. The van der Waals surface area contributed by atoms with Gasteiger partial charge in [0.2, 0.25) is 6.29 Å². The zero-order valence-corrected chi connectivity index (χ0v) is 17.3. The fourth-order valence-electron chi connectivity index (χ4n) is 2.30. The molecule has 2 atom stereocenters. The summed E-state index contributed by atoms with van der Waals surface area (Å²) in [5.74, 6) is -0.507. The summed E-state index contributed by atoms with van der Waals surface area (Å²) in [6.07, 6.45) is 25.3. The number of rotatable bonds is 17. The van der Waals surface area contributed by atoms with Crippen molar-refractivity contribution < 1.29 is 19.7 Å². The Kier molecular flexibility index (Phi) is 18.8. The summed E-state index contributed by atoms with van der Waals surface area (Å²) in [6, 6.07) is -0.961. The van der Waals surface area contributed by atoms with Crippen molar-refractivity contribution in [2.45, 2.75) is 83.5 Å². The van der Waals surface area contributed by atoms with E-state index in [0.29, 0.717) is 6.42 Å². The second kappa shape index (κ2) is 20.1. The Labute approximate surface area is 170 Å². The number of unbranched alkanes of at least 4 members (excludes halogenated alkanes) is 4. The van der Waals surface area contributed by atoms with Crippen molar-refractivity contribution in [2.75, 3.05) is 6.61 Å². The first kappa shape index (κ1) is 26.3. The van der Waals surface area contributed by atoms with Gasteiger partial charge < -0.3 is 20.7 Å². The number of aliphatic hydroxyl groups excluding tert-OH is 2. The third kappa shape index (κ3) is 17.7. The highest BCUT2D eigenvalue weighted by Gasteiger charge is 2.17. The van der Waals surface area contributed by atoms with E-state index in [2.05, 4.69) is 49.5 Å². The van der Waals surface area contributed by atoms with Gasteiger partial charge in [-0.2, -0.15) is 0 Å². The van der Waals surface area contributed by atoms with Crippen molar-refractivity contribution in [3.05, 3.63) is 48.6 Å². The van der Waals surface area contributed by atoms with Crippen LogP contribution in [0.25, 0.3) is 0 Å².